The topological polar surface area (TPSA) is 194 Å². The van der Waals surface area contributed by atoms with E-state index in [1.165, 1.54) is 39.0 Å². The summed E-state index contributed by atoms with van der Waals surface area (Å²) in [4.78, 5) is 59.4. The molecule has 0 bridgehead atoms. The molecule has 1 aromatic heterocycles. The first kappa shape index (κ1) is 60.6. The highest BCUT2D eigenvalue weighted by molar-refractivity contribution is 8.00. The number of carbonyl (C=O) groups is 2. The van der Waals surface area contributed by atoms with Crippen LogP contribution in [0.5, 0.6) is 23.0 Å². The Labute approximate surface area is 533 Å². The second kappa shape index (κ2) is 25.5. The molecule has 1 amide bonds. The van der Waals surface area contributed by atoms with Gasteiger partial charge >= 0.3 is 11.7 Å². The number of H-pyrrole nitrogens is 1. The standard InChI is InChI=1S/C69H66Cl3N5O11S/c1-84-45-24-20-43(21-25-45)69(42-16-4-3-5-17-42,44-22-26-46(85-2)27-23-44)86-37-52-51(78)35-54(87-52)77-36-41(66(80)74-68(77)83)15-10-28-73-53(79)38-89-65-59(71)56(57(67(81)82)58(70)60(65)72)55-49-33-39-13-6-8-29-75-31-11-18-47(61(39)75)63(49)88-64-48-19-12-32-76-30-9-7-14-40(62(48)76)34-50(55)64/h3-5,10,15-17,20-27,33-34,36,51-52,54,78H,6-9,11-14,18-19,28-32,35,37-38H2,1-2H3,(H2-,73,74,79,80,81,82,83)/p+1. The summed E-state index contributed by atoms with van der Waals surface area (Å²) in [5, 5.41) is 27.3. The smallest absolute Gasteiger partial charge is 0.337 e. The number of thioether (sulfide) groups is 1. The first-order valence-electron chi connectivity index (χ1n) is 30.4. The third-order valence-electron chi connectivity index (χ3n) is 18.1. The van der Waals surface area contributed by atoms with Crippen LogP contribution in [0.2, 0.25) is 15.1 Å². The summed E-state index contributed by atoms with van der Waals surface area (Å²) in [6, 6.07) is 29.2. The second-order valence-corrected chi connectivity index (χ2v) is 25.5. The number of aromatic carboxylic acids is 1. The van der Waals surface area contributed by atoms with Gasteiger partial charge in [0, 0.05) is 88.7 Å². The molecule has 7 heterocycles. The van der Waals surface area contributed by atoms with Gasteiger partial charge < -0.3 is 44.1 Å². The zero-order valence-electron chi connectivity index (χ0n) is 49.3. The monoisotopic (exact) mass is 1280 g/mol. The molecule has 6 aliphatic rings. The summed E-state index contributed by atoms with van der Waals surface area (Å²) in [6.45, 7) is 3.72. The van der Waals surface area contributed by atoms with Crippen molar-refractivity contribution in [1.82, 2.24) is 19.4 Å². The Morgan fingerprint density at radius 1 is 0.809 bits per heavy atom. The van der Waals surface area contributed by atoms with Gasteiger partial charge in [0.15, 0.2) is 0 Å². The molecule has 4 N–H and O–H groups in total. The van der Waals surface area contributed by atoms with Crippen molar-refractivity contribution in [3.63, 3.8) is 0 Å². The minimum absolute atomic E-state index is 0.0114. The molecule has 1 saturated heterocycles. The zero-order valence-corrected chi connectivity index (χ0v) is 52.4. The maximum Gasteiger partial charge on any atom is 0.337 e. The fourth-order valence-corrected chi connectivity index (χ4v) is 16.0. The second-order valence-electron chi connectivity index (χ2n) is 23.4. The first-order valence-corrected chi connectivity index (χ1v) is 32.5. The summed E-state index contributed by atoms with van der Waals surface area (Å²) in [7, 11) is 3.20. The molecule has 0 saturated carbocycles. The van der Waals surface area contributed by atoms with Crippen LogP contribution in [0.15, 0.2) is 118 Å². The molecule has 7 aromatic rings. The maximum atomic E-state index is 13.8. The van der Waals surface area contributed by atoms with Gasteiger partial charge in [-0.1, -0.05) is 102 Å². The number of nitrogens with zero attached hydrogens (tertiary/aromatic N) is 3. The number of benzene rings is 6. The highest BCUT2D eigenvalue weighted by Crippen LogP contribution is 2.53. The largest absolute Gasteiger partial charge is 0.497 e. The predicted octanol–water partition coefficient (Wildman–Crippen LogP) is 10.0. The average molecular weight is 1280 g/mol. The van der Waals surface area contributed by atoms with E-state index in [0.717, 1.165) is 152 Å². The molecule has 3 unspecified atom stereocenters. The average Bonchev–Trinajstić information content (AvgIpc) is 1.37. The van der Waals surface area contributed by atoms with Gasteiger partial charge in [0.1, 0.15) is 54.0 Å². The van der Waals surface area contributed by atoms with Crippen molar-refractivity contribution >= 4 is 75.8 Å². The van der Waals surface area contributed by atoms with Gasteiger partial charge in [-0.15, -0.1) is 11.8 Å². The number of methoxy groups -OCH3 is 2. The lowest BCUT2D eigenvalue weighted by atomic mass is 9.80. The van der Waals surface area contributed by atoms with Crippen LogP contribution in [-0.4, -0.2) is 103 Å². The number of fused-ring (bicyclic) bond motifs is 4. The summed E-state index contributed by atoms with van der Waals surface area (Å²) < 4.78 is 35.4. The van der Waals surface area contributed by atoms with E-state index in [4.69, 9.17) is 58.5 Å². The Morgan fingerprint density at radius 3 is 2.22 bits per heavy atom. The minimum atomic E-state index is -1.30. The van der Waals surface area contributed by atoms with E-state index < -0.39 is 47.2 Å². The van der Waals surface area contributed by atoms with Crippen LogP contribution in [0.4, 0.5) is 5.69 Å². The Bertz CT molecular complexity index is 4200. The predicted molar refractivity (Wildman–Crippen MR) is 345 cm³/mol. The van der Waals surface area contributed by atoms with E-state index in [-0.39, 0.29) is 62.0 Å². The molecule has 460 valence electrons. The first-order chi connectivity index (χ1) is 43.3. The number of hydrogen-bond acceptors (Lipinski definition) is 12. The highest BCUT2D eigenvalue weighted by Gasteiger charge is 2.43. The Balaban J connectivity index is 0.755. The molecule has 0 spiro atoms. The number of amides is 1. The van der Waals surface area contributed by atoms with Gasteiger partial charge in [0.05, 0.1) is 64.4 Å². The quantitative estimate of drug-likeness (QED) is 0.0292. The van der Waals surface area contributed by atoms with Crippen molar-refractivity contribution in [3.05, 3.63) is 211 Å². The van der Waals surface area contributed by atoms with Crippen LogP contribution in [0.3, 0.4) is 0 Å². The zero-order chi connectivity index (χ0) is 61.7. The lowest BCUT2D eigenvalue weighted by Crippen LogP contribution is -2.41. The molecule has 6 aliphatic heterocycles. The van der Waals surface area contributed by atoms with Gasteiger partial charge in [-0.25, -0.2) is 14.2 Å². The number of aromatic nitrogens is 2. The van der Waals surface area contributed by atoms with Crippen LogP contribution in [0.1, 0.15) is 117 Å². The lowest BCUT2D eigenvalue weighted by Gasteiger charge is -2.37. The van der Waals surface area contributed by atoms with Crippen molar-refractivity contribution in [2.24, 2.45) is 0 Å². The molecule has 0 aliphatic carbocycles. The van der Waals surface area contributed by atoms with Crippen LogP contribution >= 0.6 is 46.6 Å². The van der Waals surface area contributed by atoms with Crippen LogP contribution in [0, 0.1) is 0 Å². The normalized spacial score (nSPS) is 18.5. The fourth-order valence-electron chi connectivity index (χ4n) is 14.0. The number of aryl methyl sites for hydroxylation is 2. The molecule has 0 radical (unpaired) electrons. The number of aliphatic hydroxyl groups excluding tert-OH is 1. The van der Waals surface area contributed by atoms with Gasteiger partial charge in [0.25, 0.3) is 5.56 Å². The highest BCUT2D eigenvalue weighted by atomic mass is 35.5. The third-order valence-corrected chi connectivity index (χ3v) is 20.7. The summed E-state index contributed by atoms with van der Waals surface area (Å²) in [6.07, 6.45) is 10.9. The number of halogens is 3. The number of anilines is 1. The van der Waals surface area contributed by atoms with Crippen molar-refractivity contribution in [2.45, 2.75) is 99.6 Å². The molecule has 1 fully saturated rings. The van der Waals surface area contributed by atoms with E-state index in [2.05, 4.69) is 31.9 Å². The van der Waals surface area contributed by atoms with Crippen molar-refractivity contribution in [2.75, 3.05) is 64.2 Å². The number of carbonyl (C=O) groups excluding carboxylic acids is 1. The summed E-state index contributed by atoms with van der Waals surface area (Å²) in [5.41, 5.74) is 7.11. The van der Waals surface area contributed by atoms with E-state index in [9.17, 15) is 29.4 Å². The fraction of sp³-hybridized carbons (Fsp3) is 0.348. The Morgan fingerprint density at radius 2 is 1.49 bits per heavy atom. The van der Waals surface area contributed by atoms with E-state index in [1.54, 1.807) is 20.3 Å². The van der Waals surface area contributed by atoms with E-state index >= 15 is 0 Å². The van der Waals surface area contributed by atoms with Crippen LogP contribution < -0.4 is 50.8 Å². The molecule has 20 heteroatoms. The van der Waals surface area contributed by atoms with Gasteiger partial charge in [-0.3, -0.25) is 19.1 Å². The molecule has 3 atom stereocenters. The molecule has 89 heavy (non-hydrogen) atoms. The van der Waals surface area contributed by atoms with Gasteiger partial charge in [-0.2, -0.15) is 0 Å². The molecular weight excluding hydrogens is 1210 g/mol. The van der Waals surface area contributed by atoms with Crippen molar-refractivity contribution < 1.29 is 43.5 Å². The molecule has 16 nitrogen and oxygen atoms in total. The van der Waals surface area contributed by atoms with Crippen LogP contribution in [0.25, 0.3) is 11.6 Å². The molecular formula is C69H67Cl3N5O11S+. The molecule has 6 aromatic carbocycles. The lowest BCUT2D eigenvalue weighted by molar-refractivity contribution is -0.118. The number of aliphatic hydroxyl groups is 1. The number of nitrogens with one attached hydrogen (secondary N) is 2. The molecule has 13 rings (SSSR count). The Hall–Kier alpha value is -7.35. The number of carboxylic acids is 1. The van der Waals surface area contributed by atoms with E-state index in [0.29, 0.717) is 17.1 Å². The third kappa shape index (κ3) is 11.2. The summed E-state index contributed by atoms with van der Waals surface area (Å²) >= 11 is 22.8. The van der Waals surface area contributed by atoms with Gasteiger partial charge in [0.2, 0.25) is 11.3 Å². The Kier molecular flexibility index (Phi) is 17.4. The SMILES string of the molecule is COc1ccc(C(OCC2OC(n3cc(C=CCNC(=O)CSc4c(Cl)c(Cl)c(C(=O)O)c(C5=c6cc7c8c(c6Oc6c5cc5c9c6CCCN9CCCC5)CCC[N+]=8CCCC7)c4Cl)c(=O)[nH]c3=O)CC2O)(c2ccccc2)c2ccc(OC)cc2)cc1. The maximum absolute atomic E-state index is 13.8. The number of carboxylic acid groups (broad SMARTS) is 1. The van der Waals surface area contributed by atoms with Crippen LogP contribution in [-0.2, 0) is 45.6 Å². The number of hydrogen-bond donors (Lipinski definition) is 4. The number of ether oxygens (including phenoxy) is 5. The van der Waals surface area contributed by atoms with E-state index in [1.807, 2.05) is 78.9 Å². The van der Waals surface area contributed by atoms with Gasteiger partial charge in [-0.05, 0) is 110 Å². The minimum Gasteiger partial charge on any atom is -0.497 e. The number of rotatable bonds is 17. The van der Waals surface area contributed by atoms with Crippen molar-refractivity contribution in [1.29, 1.82) is 0 Å². The summed E-state index contributed by atoms with van der Waals surface area (Å²) in [5.74, 6) is 0.859. The van der Waals surface area contributed by atoms with Crippen molar-refractivity contribution in [3.8, 4) is 23.0 Å². The number of aromatic amines is 1.